The Morgan fingerprint density at radius 1 is 0.457 bits per heavy atom. The number of benzene rings is 6. The van der Waals surface area contributed by atoms with Crippen LogP contribution < -0.4 is 0 Å². The van der Waals surface area contributed by atoms with Crippen LogP contribution in [-0.4, -0.2) is 23.4 Å². The van der Waals surface area contributed by atoms with Crippen molar-refractivity contribution in [3.63, 3.8) is 0 Å². The summed E-state index contributed by atoms with van der Waals surface area (Å²) in [4.78, 5) is 9.88. The monoisotopic (exact) mass is 597 g/mol. The van der Waals surface area contributed by atoms with Crippen molar-refractivity contribution >= 4 is 35.5 Å². The summed E-state index contributed by atoms with van der Waals surface area (Å²) in [6.45, 7) is 0. The summed E-state index contributed by atoms with van der Waals surface area (Å²) in [5.41, 5.74) is 8.88. The van der Waals surface area contributed by atoms with Crippen LogP contribution in [0.25, 0.3) is 44.3 Å². The van der Waals surface area contributed by atoms with Crippen molar-refractivity contribution < 1.29 is 8.63 Å². The largest absolute Gasteiger partial charge is 0.679 e. The number of aliphatic imine (C=N–C) groups is 2. The minimum Gasteiger partial charge on any atom is -0.309 e. The highest BCUT2D eigenvalue weighted by Gasteiger charge is 2.30. The maximum Gasteiger partial charge on any atom is 0.679 e. The van der Waals surface area contributed by atoms with Gasteiger partial charge in [-0.05, 0) is 27.8 Å². The third kappa shape index (κ3) is 4.85. The summed E-state index contributed by atoms with van der Waals surface area (Å²) in [5, 5.41) is 1.35. The highest BCUT2D eigenvalue weighted by atomic mass is 19.2. The third-order valence-corrected chi connectivity index (χ3v) is 8.47. The first-order chi connectivity index (χ1) is 22.7. The first kappa shape index (κ1) is 27.7. The molecule has 0 aliphatic carbocycles. The molecule has 0 spiro atoms. The quantitative estimate of drug-likeness (QED) is 0.171. The van der Waals surface area contributed by atoms with Crippen LogP contribution in [0.3, 0.4) is 0 Å². The Hall–Kier alpha value is -5.88. The normalized spacial score (nSPS) is 13.2. The number of rotatable bonds is 6. The summed E-state index contributed by atoms with van der Waals surface area (Å²) >= 11 is 0. The second-order valence-corrected chi connectivity index (χ2v) is 11.2. The Balaban J connectivity index is 1.26. The number of fused-ring (bicyclic) bond motifs is 2. The van der Waals surface area contributed by atoms with E-state index in [1.54, 1.807) is 0 Å². The van der Waals surface area contributed by atoms with Gasteiger partial charge < -0.3 is 4.48 Å². The van der Waals surface area contributed by atoms with Gasteiger partial charge >= 0.3 is 7.40 Å². The molecule has 3 nitrogen and oxygen atoms in total. The molecule has 1 aromatic heterocycles. The van der Waals surface area contributed by atoms with E-state index in [0.29, 0.717) is 27.9 Å². The minimum atomic E-state index is -2.82. The van der Waals surface area contributed by atoms with Gasteiger partial charge in [0.25, 0.3) is 0 Å². The van der Waals surface area contributed by atoms with Crippen LogP contribution in [0.5, 0.6) is 0 Å². The SMILES string of the molecule is FB(F)n1c(/N=C2\N=C(c3ccc(-c4ccccc4)cc3)c3ccccc32)c2ccccc2c1-c1ccc(-c2ccccc2)cc1. The lowest BCUT2D eigenvalue weighted by Gasteiger charge is -2.10. The summed E-state index contributed by atoms with van der Waals surface area (Å²) in [7, 11) is -2.82. The van der Waals surface area contributed by atoms with E-state index in [2.05, 4.69) is 36.4 Å². The number of halogens is 2. The second-order valence-electron chi connectivity index (χ2n) is 11.2. The van der Waals surface area contributed by atoms with E-state index in [1.165, 1.54) is 0 Å². The molecular weight excluding hydrogens is 571 g/mol. The Labute approximate surface area is 266 Å². The van der Waals surface area contributed by atoms with E-state index in [-0.39, 0.29) is 5.82 Å². The molecule has 0 atom stereocenters. The fourth-order valence-electron chi connectivity index (χ4n) is 6.27. The summed E-state index contributed by atoms with van der Waals surface area (Å²) in [5.74, 6) is 0.593. The maximum absolute atomic E-state index is 15.1. The van der Waals surface area contributed by atoms with Crippen molar-refractivity contribution in [1.29, 1.82) is 0 Å². The van der Waals surface area contributed by atoms with Gasteiger partial charge in [-0.1, -0.05) is 158 Å². The van der Waals surface area contributed by atoms with Crippen LogP contribution in [0.4, 0.5) is 14.4 Å². The van der Waals surface area contributed by atoms with Gasteiger partial charge in [-0.15, -0.1) is 0 Å². The zero-order valence-corrected chi connectivity index (χ0v) is 24.7. The molecular formula is C40H26BF2N3. The Kier molecular flexibility index (Phi) is 6.95. The topological polar surface area (TPSA) is 29.6 Å². The van der Waals surface area contributed by atoms with E-state index in [9.17, 15) is 0 Å². The van der Waals surface area contributed by atoms with Crippen LogP contribution in [0.15, 0.2) is 168 Å². The lowest BCUT2D eigenvalue weighted by molar-refractivity contribution is 0.633. The summed E-state index contributed by atoms with van der Waals surface area (Å²) in [6.07, 6.45) is 0. The highest BCUT2D eigenvalue weighted by molar-refractivity contribution is 6.44. The maximum atomic E-state index is 15.1. The van der Waals surface area contributed by atoms with Crippen LogP contribution in [0, 0.1) is 0 Å². The molecule has 0 unspecified atom stereocenters. The van der Waals surface area contributed by atoms with Crippen LogP contribution in [0.1, 0.15) is 16.7 Å². The van der Waals surface area contributed by atoms with Crippen molar-refractivity contribution in [1.82, 2.24) is 4.48 Å². The number of nitrogens with zero attached hydrogens (tertiary/aromatic N) is 3. The van der Waals surface area contributed by atoms with Crippen LogP contribution in [-0.2, 0) is 0 Å². The molecule has 1 aliphatic heterocycles. The smallest absolute Gasteiger partial charge is 0.309 e. The molecule has 0 saturated heterocycles. The standard InChI is InChI=1S/C40H26BF2N3/c42-41(43)46-38(32-25-21-30(22-26-32)28-13-5-2-6-14-28)34-16-8-10-18-36(34)40(46)45-39-35-17-9-7-15-33(35)37(44-39)31-23-19-29(20-24-31)27-11-3-1-4-12-27/h1-26H/b45-39-. The molecule has 2 heterocycles. The summed E-state index contributed by atoms with van der Waals surface area (Å²) < 4.78 is 31.2. The first-order valence-electron chi connectivity index (χ1n) is 15.2. The van der Waals surface area contributed by atoms with E-state index >= 15 is 8.63 Å². The zero-order chi connectivity index (χ0) is 31.0. The molecule has 46 heavy (non-hydrogen) atoms. The molecule has 0 fully saturated rings. The molecule has 0 saturated carbocycles. The fourth-order valence-corrected chi connectivity index (χ4v) is 6.27. The van der Waals surface area contributed by atoms with Crippen molar-refractivity contribution in [2.75, 3.05) is 0 Å². The van der Waals surface area contributed by atoms with Gasteiger partial charge in [-0.25, -0.2) is 9.98 Å². The lowest BCUT2D eigenvalue weighted by Crippen LogP contribution is -2.14. The average molecular weight is 597 g/mol. The van der Waals surface area contributed by atoms with E-state index in [4.69, 9.17) is 9.98 Å². The second kappa shape index (κ2) is 11.6. The van der Waals surface area contributed by atoms with Gasteiger partial charge in [0, 0.05) is 27.5 Å². The Bertz CT molecular complexity index is 2260. The van der Waals surface area contributed by atoms with Gasteiger partial charge in [0.2, 0.25) is 0 Å². The number of amidine groups is 1. The third-order valence-electron chi connectivity index (χ3n) is 8.47. The van der Waals surface area contributed by atoms with Crippen LogP contribution >= 0.6 is 0 Å². The average Bonchev–Trinajstić information content (AvgIpc) is 3.65. The Morgan fingerprint density at radius 3 is 1.50 bits per heavy atom. The lowest BCUT2D eigenvalue weighted by atomic mass is 9.97. The van der Waals surface area contributed by atoms with E-state index in [0.717, 1.165) is 49.1 Å². The molecule has 0 N–H and O–H groups in total. The molecule has 0 radical (unpaired) electrons. The molecule has 7 aromatic rings. The number of hydrogen-bond donors (Lipinski definition) is 0. The Morgan fingerprint density at radius 2 is 0.913 bits per heavy atom. The van der Waals surface area contributed by atoms with Crippen molar-refractivity contribution in [2.24, 2.45) is 9.98 Å². The van der Waals surface area contributed by atoms with Gasteiger partial charge in [-0.2, -0.15) is 0 Å². The van der Waals surface area contributed by atoms with E-state index in [1.807, 2.05) is 121 Å². The van der Waals surface area contributed by atoms with Gasteiger partial charge in [-0.3, -0.25) is 8.63 Å². The predicted molar refractivity (Wildman–Crippen MR) is 186 cm³/mol. The minimum absolute atomic E-state index is 0.182. The van der Waals surface area contributed by atoms with E-state index < -0.39 is 7.40 Å². The molecule has 0 bridgehead atoms. The zero-order valence-electron chi connectivity index (χ0n) is 24.7. The fraction of sp³-hybridized carbons (Fsp3) is 0. The van der Waals surface area contributed by atoms with Crippen molar-refractivity contribution in [2.45, 2.75) is 0 Å². The summed E-state index contributed by atoms with van der Waals surface area (Å²) in [6, 6.07) is 51.5. The molecule has 1 aliphatic rings. The first-order valence-corrected chi connectivity index (χ1v) is 15.2. The van der Waals surface area contributed by atoms with Crippen molar-refractivity contribution in [3.8, 4) is 33.5 Å². The number of hydrogen-bond acceptors (Lipinski definition) is 1. The number of aromatic nitrogens is 1. The van der Waals surface area contributed by atoms with Gasteiger partial charge in [0.05, 0.1) is 11.4 Å². The highest BCUT2D eigenvalue weighted by Crippen LogP contribution is 2.41. The molecule has 6 aromatic carbocycles. The van der Waals surface area contributed by atoms with Gasteiger partial charge in [0.1, 0.15) is 5.82 Å². The predicted octanol–water partition coefficient (Wildman–Crippen LogP) is 10.3. The van der Waals surface area contributed by atoms with Crippen LogP contribution in [0.2, 0.25) is 0 Å². The molecule has 6 heteroatoms. The molecule has 8 rings (SSSR count). The molecule has 218 valence electrons. The van der Waals surface area contributed by atoms with Gasteiger partial charge in [0.15, 0.2) is 5.84 Å². The molecule has 0 amide bonds. The van der Waals surface area contributed by atoms with Crippen molar-refractivity contribution in [3.05, 3.63) is 174 Å².